The molecule has 1 aliphatic heterocycles. The minimum absolute atomic E-state index is 0.181. The van der Waals surface area contributed by atoms with Gasteiger partial charge in [0, 0.05) is 25.7 Å². The number of aliphatic hydroxyl groups is 1. The van der Waals surface area contributed by atoms with Crippen molar-refractivity contribution in [2.75, 3.05) is 26.8 Å². The van der Waals surface area contributed by atoms with E-state index in [2.05, 4.69) is 4.90 Å². The van der Waals surface area contributed by atoms with Crippen LogP contribution in [0.4, 0.5) is 0 Å². The molecule has 3 N–H and O–H groups in total. The molecule has 90 valence electrons. The predicted octanol–water partition coefficient (Wildman–Crippen LogP) is 0.195. The first kappa shape index (κ1) is 12.9. The Morgan fingerprint density at radius 3 is 2.87 bits per heavy atom. The van der Waals surface area contributed by atoms with Crippen LogP contribution < -0.4 is 5.73 Å². The summed E-state index contributed by atoms with van der Waals surface area (Å²) in [6.07, 6.45) is 3.22. The summed E-state index contributed by atoms with van der Waals surface area (Å²) in [5, 5.41) is 9.69. The standard InChI is InChI=1S/C11H24N2O2/c1-9(12)11-5-3-4-6-13(11)7-10(14)8-15-2/h9-11,14H,3-8,12H2,1-2H3. The van der Waals surface area contributed by atoms with Crippen molar-refractivity contribution in [3.05, 3.63) is 0 Å². The molecule has 0 amide bonds. The van der Waals surface area contributed by atoms with E-state index in [-0.39, 0.29) is 6.04 Å². The number of likely N-dealkylation sites (tertiary alicyclic amines) is 1. The number of nitrogens with two attached hydrogens (primary N) is 1. The first-order chi connectivity index (χ1) is 7.15. The van der Waals surface area contributed by atoms with Crippen molar-refractivity contribution < 1.29 is 9.84 Å². The zero-order chi connectivity index (χ0) is 11.3. The number of piperidine rings is 1. The van der Waals surface area contributed by atoms with Crippen molar-refractivity contribution in [3.8, 4) is 0 Å². The van der Waals surface area contributed by atoms with E-state index in [4.69, 9.17) is 10.5 Å². The van der Waals surface area contributed by atoms with Gasteiger partial charge in [-0.15, -0.1) is 0 Å². The Morgan fingerprint density at radius 1 is 1.53 bits per heavy atom. The van der Waals surface area contributed by atoms with Crippen LogP contribution in [-0.2, 0) is 4.74 Å². The molecule has 3 atom stereocenters. The molecule has 3 unspecified atom stereocenters. The van der Waals surface area contributed by atoms with E-state index in [1.807, 2.05) is 6.92 Å². The Hall–Kier alpha value is -0.160. The van der Waals surface area contributed by atoms with Gasteiger partial charge in [-0.25, -0.2) is 0 Å². The number of nitrogens with zero attached hydrogens (tertiary/aromatic N) is 1. The van der Waals surface area contributed by atoms with Gasteiger partial charge in [0.2, 0.25) is 0 Å². The van der Waals surface area contributed by atoms with Crippen LogP contribution in [-0.4, -0.2) is 55.0 Å². The van der Waals surface area contributed by atoms with Gasteiger partial charge >= 0.3 is 0 Å². The second kappa shape index (κ2) is 6.43. The van der Waals surface area contributed by atoms with Gasteiger partial charge in [0.05, 0.1) is 12.7 Å². The molecule has 4 nitrogen and oxygen atoms in total. The van der Waals surface area contributed by atoms with Crippen LogP contribution in [0.25, 0.3) is 0 Å². The Labute approximate surface area is 92.4 Å². The fraction of sp³-hybridized carbons (Fsp3) is 1.00. The molecule has 1 fully saturated rings. The van der Waals surface area contributed by atoms with Gasteiger partial charge in [0.1, 0.15) is 0 Å². The summed E-state index contributed by atoms with van der Waals surface area (Å²) in [4.78, 5) is 2.30. The van der Waals surface area contributed by atoms with E-state index in [9.17, 15) is 5.11 Å². The van der Waals surface area contributed by atoms with Crippen molar-refractivity contribution >= 4 is 0 Å². The van der Waals surface area contributed by atoms with Gasteiger partial charge in [0.25, 0.3) is 0 Å². The van der Waals surface area contributed by atoms with Crippen molar-refractivity contribution in [1.29, 1.82) is 0 Å². The van der Waals surface area contributed by atoms with E-state index in [0.717, 1.165) is 13.0 Å². The Kier molecular flexibility index (Phi) is 5.53. The summed E-state index contributed by atoms with van der Waals surface area (Å²) in [6, 6.07) is 0.602. The third-order valence-electron chi connectivity index (χ3n) is 3.08. The van der Waals surface area contributed by atoms with Gasteiger partial charge in [-0.05, 0) is 26.3 Å². The zero-order valence-electron chi connectivity index (χ0n) is 9.85. The number of ether oxygens (including phenoxy) is 1. The van der Waals surface area contributed by atoms with Crippen LogP contribution in [0.2, 0.25) is 0 Å². The summed E-state index contributed by atoms with van der Waals surface area (Å²) in [7, 11) is 1.61. The molecule has 1 aliphatic rings. The monoisotopic (exact) mass is 216 g/mol. The fourth-order valence-corrected chi connectivity index (χ4v) is 2.35. The molecule has 15 heavy (non-hydrogen) atoms. The summed E-state index contributed by atoms with van der Waals surface area (Å²) in [6.45, 7) is 4.18. The van der Waals surface area contributed by atoms with Crippen LogP contribution in [0.3, 0.4) is 0 Å². The maximum Gasteiger partial charge on any atom is 0.0900 e. The normalized spacial score (nSPS) is 27.6. The molecule has 0 bridgehead atoms. The van der Waals surface area contributed by atoms with Crippen molar-refractivity contribution in [1.82, 2.24) is 4.90 Å². The Morgan fingerprint density at radius 2 is 2.27 bits per heavy atom. The van der Waals surface area contributed by atoms with E-state index >= 15 is 0 Å². The largest absolute Gasteiger partial charge is 0.389 e. The number of aliphatic hydroxyl groups excluding tert-OH is 1. The first-order valence-corrected chi connectivity index (χ1v) is 5.81. The number of hydrogen-bond acceptors (Lipinski definition) is 4. The van der Waals surface area contributed by atoms with Gasteiger partial charge in [0.15, 0.2) is 0 Å². The van der Waals surface area contributed by atoms with Crippen LogP contribution in [0.1, 0.15) is 26.2 Å². The summed E-state index contributed by atoms with van der Waals surface area (Å²) in [5.41, 5.74) is 5.95. The summed E-state index contributed by atoms with van der Waals surface area (Å²) < 4.78 is 4.93. The van der Waals surface area contributed by atoms with E-state index in [1.165, 1.54) is 12.8 Å². The highest BCUT2D eigenvalue weighted by Crippen LogP contribution is 2.19. The molecule has 1 rings (SSSR count). The van der Waals surface area contributed by atoms with Gasteiger partial charge < -0.3 is 15.6 Å². The number of methoxy groups -OCH3 is 1. The van der Waals surface area contributed by atoms with E-state index < -0.39 is 6.10 Å². The molecule has 0 spiro atoms. The van der Waals surface area contributed by atoms with E-state index in [0.29, 0.717) is 19.2 Å². The van der Waals surface area contributed by atoms with Crippen molar-refractivity contribution in [2.45, 2.75) is 44.4 Å². The lowest BCUT2D eigenvalue weighted by atomic mass is 9.96. The van der Waals surface area contributed by atoms with Crippen molar-refractivity contribution in [3.63, 3.8) is 0 Å². The third kappa shape index (κ3) is 4.07. The minimum atomic E-state index is -0.394. The maximum atomic E-state index is 9.69. The lowest BCUT2D eigenvalue weighted by molar-refractivity contribution is 0.0146. The zero-order valence-corrected chi connectivity index (χ0v) is 9.85. The summed E-state index contributed by atoms with van der Waals surface area (Å²) in [5.74, 6) is 0. The Bertz CT molecular complexity index is 176. The maximum absolute atomic E-state index is 9.69. The molecular formula is C11H24N2O2. The van der Waals surface area contributed by atoms with Gasteiger partial charge in [-0.3, -0.25) is 4.90 Å². The quantitative estimate of drug-likeness (QED) is 0.689. The highest BCUT2D eigenvalue weighted by atomic mass is 16.5. The lowest BCUT2D eigenvalue weighted by Gasteiger charge is -2.38. The molecule has 4 heteroatoms. The second-order valence-electron chi connectivity index (χ2n) is 4.53. The average molecular weight is 216 g/mol. The average Bonchev–Trinajstić information content (AvgIpc) is 2.18. The topological polar surface area (TPSA) is 58.7 Å². The highest BCUT2D eigenvalue weighted by Gasteiger charge is 2.26. The molecule has 1 heterocycles. The van der Waals surface area contributed by atoms with E-state index in [1.54, 1.807) is 7.11 Å². The van der Waals surface area contributed by atoms with Crippen molar-refractivity contribution in [2.24, 2.45) is 5.73 Å². The van der Waals surface area contributed by atoms with Crippen LogP contribution in [0.5, 0.6) is 0 Å². The molecule has 0 aromatic carbocycles. The second-order valence-corrected chi connectivity index (χ2v) is 4.53. The van der Waals surface area contributed by atoms with Gasteiger partial charge in [-0.2, -0.15) is 0 Å². The third-order valence-corrected chi connectivity index (χ3v) is 3.08. The smallest absolute Gasteiger partial charge is 0.0900 e. The number of β-amino-alcohol motifs (C(OH)–C–C–N with tert-alkyl or cyclic N) is 1. The van der Waals surface area contributed by atoms with Gasteiger partial charge in [-0.1, -0.05) is 6.42 Å². The Balaban J connectivity index is 2.42. The van der Waals surface area contributed by atoms with Crippen LogP contribution >= 0.6 is 0 Å². The molecule has 1 saturated heterocycles. The fourth-order valence-electron chi connectivity index (χ4n) is 2.35. The molecular weight excluding hydrogens is 192 g/mol. The molecule has 0 aromatic rings. The number of rotatable bonds is 5. The molecule has 0 radical (unpaired) electrons. The minimum Gasteiger partial charge on any atom is -0.389 e. The first-order valence-electron chi connectivity index (χ1n) is 5.81. The van der Waals surface area contributed by atoms with Crippen LogP contribution in [0, 0.1) is 0 Å². The van der Waals surface area contributed by atoms with Crippen LogP contribution in [0.15, 0.2) is 0 Å². The molecule has 0 aliphatic carbocycles. The lowest BCUT2D eigenvalue weighted by Crippen LogP contribution is -2.51. The number of hydrogen-bond donors (Lipinski definition) is 2. The molecule has 0 aromatic heterocycles. The summed E-state index contributed by atoms with van der Waals surface area (Å²) >= 11 is 0. The SMILES string of the molecule is COCC(O)CN1CCCCC1C(C)N. The highest BCUT2D eigenvalue weighted by molar-refractivity contribution is 4.84. The predicted molar refractivity (Wildman–Crippen MR) is 60.7 cm³/mol. The molecule has 0 saturated carbocycles.